The molecule has 1 heterocycles. The Balaban J connectivity index is 2.18. The van der Waals surface area contributed by atoms with Crippen molar-refractivity contribution in [1.29, 1.82) is 0 Å². The molecule has 1 aromatic carbocycles. The van der Waals surface area contributed by atoms with Gasteiger partial charge in [-0.05, 0) is 49.9 Å². The van der Waals surface area contributed by atoms with E-state index < -0.39 is 0 Å². The summed E-state index contributed by atoms with van der Waals surface area (Å²) in [4.78, 5) is 13.8. The maximum atomic E-state index is 12.1. The summed E-state index contributed by atoms with van der Waals surface area (Å²) in [6.45, 7) is 2.69. The number of hydrogen-bond acceptors (Lipinski definition) is 3. The van der Waals surface area contributed by atoms with Gasteiger partial charge in [0.1, 0.15) is 5.75 Å². The summed E-state index contributed by atoms with van der Waals surface area (Å²) in [5, 5.41) is 0. The minimum Gasteiger partial charge on any atom is -0.478 e. The summed E-state index contributed by atoms with van der Waals surface area (Å²) >= 11 is 0. The number of anilines is 1. The Morgan fingerprint density at radius 1 is 1.37 bits per heavy atom. The molecule has 19 heavy (non-hydrogen) atoms. The van der Waals surface area contributed by atoms with Gasteiger partial charge in [0, 0.05) is 7.05 Å². The van der Waals surface area contributed by atoms with E-state index in [1.54, 1.807) is 4.90 Å². The molecule has 0 radical (unpaired) electrons. The van der Waals surface area contributed by atoms with Crippen molar-refractivity contribution in [2.75, 3.05) is 18.5 Å². The van der Waals surface area contributed by atoms with Crippen LogP contribution < -0.4 is 15.4 Å². The van der Waals surface area contributed by atoms with Crippen LogP contribution in [0.2, 0.25) is 0 Å². The summed E-state index contributed by atoms with van der Waals surface area (Å²) in [5.41, 5.74) is 7.60. The molecule has 0 saturated heterocycles. The standard InChI is InChI=1S/C15H22N2O2/c1-3-13-15(18)17(2)12-10-11(6-4-5-9-16)7-8-14(12)19-13/h7-8,10,13H,3-6,9,16H2,1-2H3. The Labute approximate surface area is 114 Å². The van der Waals surface area contributed by atoms with Crippen LogP contribution in [0.4, 0.5) is 5.69 Å². The first kappa shape index (κ1) is 13.9. The molecule has 2 rings (SSSR count). The molecule has 1 aliphatic rings. The Bertz CT molecular complexity index is 459. The predicted octanol–water partition coefficient (Wildman–Crippen LogP) is 2.10. The van der Waals surface area contributed by atoms with Gasteiger partial charge in [0.05, 0.1) is 5.69 Å². The van der Waals surface area contributed by atoms with Crippen LogP contribution in [-0.2, 0) is 11.2 Å². The summed E-state index contributed by atoms with van der Waals surface area (Å²) in [6.07, 6.45) is 3.44. The lowest BCUT2D eigenvalue weighted by Crippen LogP contribution is -2.43. The highest BCUT2D eigenvalue weighted by atomic mass is 16.5. The van der Waals surface area contributed by atoms with E-state index in [1.165, 1.54) is 5.56 Å². The SMILES string of the molecule is CCC1Oc2ccc(CCCCN)cc2N(C)C1=O. The van der Waals surface area contributed by atoms with E-state index in [0.29, 0.717) is 6.42 Å². The van der Waals surface area contributed by atoms with Crippen LogP contribution in [-0.4, -0.2) is 25.6 Å². The summed E-state index contributed by atoms with van der Waals surface area (Å²) in [7, 11) is 1.82. The number of nitrogens with zero attached hydrogens (tertiary/aromatic N) is 1. The van der Waals surface area contributed by atoms with Crippen LogP contribution in [0.15, 0.2) is 18.2 Å². The fraction of sp³-hybridized carbons (Fsp3) is 0.533. The van der Waals surface area contributed by atoms with Crippen molar-refractivity contribution in [3.8, 4) is 5.75 Å². The molecule has 1 aliphatic heterocycles. The second-order valence-electron chi connectivity index (χ2n) is 4.96. The van der Waals surface area contributed by atoms with Crippen LogP contribution in [0.1, 0.15) is 31.7 Å². The van der Waals surface area contributed by atoms with E-state index in [-0.39, 0.29) is 12.0 Å². The number of likely N-dealkylation sites (N-methyl/N-ethyl adjacent to an activating group) is 1. The summed E-state index contributed by atoms with van der Waals surface area (Å²) in [5.74, 6) is 0.839. The van der Waals surface area contributed by atoms with Crippen LogP contribution >= 0.6 is 0 Å². The maximum absolute atomic E-state index is 12.1. The lowest BCUT2D eigenvalue weighted by molar-refractivity contribution is -0.126. The molecule has 0 bridgehead atoms. The van der Waals surface area contributed by atoms with Crippen molar-refractivity contribution in [2.45, 2.75) is 38.7 Å². The van der Waals surface area contributed by atoms with Gasteiger partial charge in [-0.25, -0.2) is 0 Å². The lowest BCUT2D eigenvalue weighted by Gasteiger charge is -2.31. The van der Waals surface area contributed by atoms with Crippen molar-refractivity contribution >= 4 is 11.6 Å². The van der Waals surface area contributed by atoms with Gasteiger partial charge in [-0.3, -0.25) is 4.79 Å². The third kappa shape index (κ3) is 2.89. The second kappa shape index (κ2) is 6.06. The molecule has 1 unspecified atom stereocenters. The van der Waals surface area contributed by atoms with E-state index in [0.717, 1.165) is 37.2 Å². The number of carbonyl (C=O) groups is 1. The van der Waals surface area contributed by atoms with Crippen LogP contribution in [0.3, 0.4) is 0 Å². The molecule has 1 aromatic rings. The lowest BCUT2D eigenvalue weighted by atomic mass is 10.0. The third-order valence-corrected chi connectivity index (χ3v) is 3.55. The molecule has 4 heteroatoms. The number of hydrogen-bond donors (Lipinski definition) is 1. The van der Waals surface area contributed by atoms with Crippen molar-refractivity contribution in [3.63, 3.8) is 0 Å². The molecule has 0 aromatic heterocycles. The number of nitrogens with two attached hydrogens (primary N) is 1. The van der Waals surface area contributed by atoms with E-state index in [2.05, 4.69) is 12.1 Å². The van der Waals surface area contributed by atoms with Gasteiger partial charge in [-0.15, -0.1) is 0 Å². The normalized spacial score (nSPS) is 18.2. The van der Waals surface area contributed by atoms with Gasteiger partial charge in [0.15, 0.2) is 6.10 Å². The number of aryl methyl sites for hydroxylation is 1. The predicted molar refractivity (Wildman–Crippen MR) is 76.6 cm³/mol. The number of carbonyl (C=O) groups excluding carboxylic acids is 1. The minimum absolute atomic E-state index is 0.0362. The van der Waals surface area contributed by atoms with E-state index in [9.17, 15) is 4.79 Å². The number of amides is 1. The Hall–Kier alpha value is -1.55. The average molecular weight is 262 g/mol. The van der Waals surface area contributed by atoms with Crippen LogP contribution in [0.25, 0.3) is 0 Å². The highest BCUT2D eigenvalue weighted by molar-refractivity contribution is 5.99. The van der Waals surface area contributed by atoms with E-state index in [1.807, 2.05) is 20.0 Å². The van der Waals surface area contributed by atoms with E-state index >= 15 is 0 Å². The van der Waals surface area contributed by atoms with Gasteiger partial charge >= 0.3 is 0 Å². The van der Waals surface area contributed by atoms with Crippen molar-refractivity contribution < 1.29 is 9.53 Å². The molecule has 0 spiro atoms. The van der Waals surface area contributed by atoms with Gasteiger partial charge < -0.3 is 15.4 Å². The largest absolute Gasteiger partial charge is 0.478 e. The highest BCUT2D eigenvalue weighted by Crippen LogP contribution is 2.34. The van der Waals surface area contributed by atoms with Gasteiger partial charge in [0.2, 0.25) is 0 Å². The fourth-order valence-corrected chi connectivity index (χ4v) is 2.35. The smallest absolute Gasteiger partial charge is 0.267 e. The fourth-order valence-electron chi connectivity index (χ4n) is 2.35. The highest BCUT2D eigenvalue weighted by Gasteiger charge is 2.30. The van der Waals surface area contributed by atoms with Gasteiger partial charge in [0.25, 0.3) is 5.91 Å². The maximum Gasteiger partial charge on any atom is 0.267 e. The Kier molecular flexibility index (Phi) is 4.43. The number of unbranched alkanes of at least 4 members (excludes halogenated alkanes) is 1. The van der Waals surface area contributed by atoms with Gasteiger partial charge in [-0.1, -0.05) is 13.0 Å². The first-order valence-electron chi connectivity index (χ1n) is 6.94. The summed E-state index contributed by atoms with van der Waals surface area (Å²) in [6, 6.07) is 6.10. The van der Waals surface area contributed by atoms with Crippen molar-refractivity contribution in [3.05, 3.63) is 23.8 Å². The van der Waals surface area contributed by atoms with E-state index in [4.69, 9.17) is 10.5 Å². The average Bonchev–Trinajstić information content (AvgIpc) is 2.43. The van der Waals surface area contributed by atoms with Crippen LogP contribution in [0, 0.1) is 0 Å². The number of rotatable bonds is 5. The molecule has 0 aliphatic carbocycles. The number of benzene rings is 1. The quantitative estimate of drug-likeness (QED) is 0.827. The molecular formula is C15H22N2O2. The minimum atomic E-state index is -0.347. The molecule has 2 N–H and O–H groups in total. The zero-order valence-corrected chi connectivity index (χ0v) is 11.7. The first-order valence-corrected chi connectivity index (χ1v) is 6.94. The van der Waals surface area contributed by atoms with Gasteiger partial charge in [-0.2, -0.15) is 0 Å². The Morgan fingerprint density at radius 3 is 2.84 bits per heavy atom. The zero-order chi connectivity index (χ0) is 13.8. The first-order chi connectivity index (χ1) is 9.17. The zero-order valence-electron chi connectivity index (χ0n) is 11.7. The molecule has 1 amide bonds. The topological polar surface area (TPSA) is 55.6 Å². The second-order valence-corrected chi connectivity index (χ2v) is 4.96. The molecule has 104 valence electrons. The monoisotopic (exact) mass is 262 g/mol. The molecule has 0 saturated carbocycles. The third-order valence-electron chi connectivity index (χ3n) is 3.55. The molecule has 1 atom stereocenters. The Morgan fingerprint density at radius 2 is 2.16 bits per heavy atom. The molecule has 4 nitrogen and oxygen atoms in total. The summed E-state index contributed by atoms with van der Waals surface area (Å²) < 4.78 is 5.73. The molecule has 0 fully saturated rings. The number of ether oxygens (including phenoxy) is 1. The van der Waals surface area contributed by atoms with Crippen molar-refractivity contribution in [2.24, 2.45) is 5.73 Å². The number of fused-ring (bicyclic) bond motifs is 1. The van der Waals surface area contributed by atoms with Crippen molar-refractivity contribution in [1.82, 2.24) is 0 Å². The molecular weight excluding hydrogens is 240 g/mol. The van der Waals surface area contributed by atoms with Crippen LogP contribution in [0.5, 0.6) is 5.75 Å².